The van der Waals surface area contributed by atoms with E-state index in [-0.39, 0.29) is 0 Å². The van der Waals surface area contributed by atoms with E-state index >= 15 is 0 Å². The van der Waals surface area contributed by atoms with Crippen LogP contribution in [0.25, 0.3) is 0 Å². The molecule has 2 nitrogen and oxygen atoms in total. The minimum atomic E-state index is 0.499. The molecule has 2 rings (SSSR count). The molecule has 1 aromatic carbocycles. The van der Waals surface area contributed by atoms with Crippen LogP contribution in [0.4, 0.5) is 5.69 Å². The summed E-state index contributed by atoms with van der Waals surface area (Å²) in [5.74, 6) is 0. The predicted molar refractivity (Wildman–Crippen MR) is 138 cm³/mol. The Morgan fingerprint density at radius 1 is 0.581 bits per heavy atom. The van der Waals surface area contributed by atoms with E-state index in [1.54, 1.807) is 0 Å². The highest BCUT2D eigenvalue weighted by molar-refractivity contribution is 5.51. The Kier molecular flexibility index (Phi) is 14.3. The van der Waals surface area contributed by atoms with Gasteiger partial charge >= 0.3 is 0 Å². The Balaban J connectivity index is 1.43. The number of hydrogen-bond acceptors (Lipinski definition) is 2. The summed E-state index contributed by atoms with van der Waals surface area (Å²) in [5, 5.41) is 0. The first-order chi connectivity index (χ1) is 15.4. The maximum absolute atomic E-state index is 2.48. The first kappa shape index (κ1) is 25.8. The van der Waals surface area contributed by atoms with Crippen molar-refractivity contribution < 1.29 is 0 Å². The van der Waals surface area contributed by atoms with Crippen molar-refractivity contribution in [3.05, 3.63) is 42.7 Å². The van der Waals surface area contributed by atoms with E-state index in [1.807, 2.05) is 0 Å². The minimum absolute atomic E-state index is 0.499. The van der Waals surface area contributed by atoms with Gasteiger partial charge in [0.1, 0.15) is 6.17 Å². The molecule has 0 saturated carbocycles. The molecule has 0 spiro atoms. The monoisotopic (exact) mass is 426 g/mol. The van der Waals surface area contributed by atoms with Crippen molar-refractivity contribution in [3.8, 4) is 0 Å². The topological polar surface area (TPSA) is 6.48 Å². The second-order valence-electron chi connectivity index (χ2n) is 9.44. The van der Waals surface area contributed by atoms with Crippen LogP contribution in [0.1, 0.15) is 123 Å². The lowest BCUT2D eigenvalue weighted by Crippen LogP contribution is -2.38. The fourth-order valence-corrected chi connectivity index (χ4v) is 4.87. The highest BCUT2D eigenvalue weighted by Gasteiger charge is 2.25. The molecule has 0 radical (unpaired) electrons. The van der Waals surface area contributed by atoms with Crippen molar-refractivity contribution in [1.82, 2.24) is 4.90 Å². The van der Waals surface area contributed by atoms with Crippen LogP contribution in [-0.4, -0.2) is 17.6 Å². The molecule has 2 heteroatoms. The first-order valence-corrected chi connectivity index (χ1v) is 13.6. The molecule has 31 heavy (non-hydrogen) atoms. The van der Waals surface area contributed by atoms with Gasteiger partial charge in [0, 0.05) is 24.6 Å². The van der Waals surface area contributed by atoms with Crippen LogP contribution < -0.4 is 4.90 Å². The SMILES string of the molecule is CCCCCCCCCCCCCCCCCCC1N(CC)C=CN1c1ccccc1. The largest absolute Gasteiger partial charge is 0.356 e. The average molecular weight is 427 g/mol. The highest BCUT2D eigenvalue weighted by atomic mass is 15.4. The molecule has 0 aliphatic carbocycles. The van der Waals surface area contributed by atoms with Crippen molar-refractivity contribution in [3.63, 3.8) is 0 Å². The third kappa shape index (κ3) is 10.6. The van der Waals surface area contributed by atoms with Crippen molar-refractivity contribution in [2.24, 2.45) is 0 Å². The van der Waals surface area contributed by atoms with Crippen LogP contribution in [0.2, 0.25) is 0 Å². The van der Waals surface area contributed by atoms with E-state index < -0.39 is 0 Å². The molecule has 0 fully saturated rings. The lowest BCUT2D eigenvalue weighted by atomic mass is 10.0. The van der Waals surface area contributed by atoms with Gasteiger partial charge in [-0.25, -0.2) is 0 Å². The normalized spacial score (nSPS) is 15.9. The molecule has 1 atom stereocenters. The van der Waals surface area contributed by atoms with Crippen LogP contribution in [0.15, 0.2) is 42.7 Å². The molecule has 1 heterocycles. The van der Waals surface area contributed by atoms with Crippen molar-refractivity contribution in [2.75, 3.05) is 11.4 Å². The zero-order valence-electron chi connectivity index (χ0n) is 20.7. The molecule has 1 unspecified atom stereocenters. The maximum Gasteiger partial charge on any atom is 0.105 e. The molecular weight excluding hydrogens is 376 g/mol. The predicted octanol–water partition coefficient (Wildman–Crippen LogP) is 9.28. The minimum Gasteiger partial charge on any atom is -0.356 e. The van der Waals surface area contributed by atoms with Crippen molar-refractivity contribution in [1.29, 1.82) is 0 Å². The van der Waals surface area contributed by atoms with Gasteiger partial charge in [0.05, 0.1) is 0 Å². The van der Waals surface area contributed by atoms with Gasteiger partial charge in [0.25, 0.3) is 0 Å². The third-order valence-corrected chi connectivity index (χ3v) is 6.86. The fourth-order valence-electron chi connectivity index (χ4n) is 4.87. The van der Waals surface area contributed by atoms with Crippen LogP contribution in [0.5, 0.6) is 0 Å². The summed E-state index contributed by atoms with van der Waals surface area (Å²) in [5.41, 5.74) is 1.32. The molecule has 0 saturated heterocycles. The van der Waals surface area contributed by atoms with Gasteiger partial charge in [-0.1, -0.05) is 121 Å². The Morgan fingerprint density at radius 2 is 1.06 bits per heavy atom. The van der Waals surface area contributed by atoms with Gasteiger partial charge < -0.3 is 9.80 Å². The Morgan fingerprint density at radius 3 is 1.55 bits per heavy atom. The van der Waals surface area contributed by atoms with Crippen molar-refractivity contribution in [2.45, 2.75) is 129 Å². The summed E-state index contributed by atoms with van der Waals surface area (Å²) in [7, 11) is 0. The number of para-hydroxylation sites is 1. The standard InChI is InChI=1S/C29H50N2/c1-3-5-6-7-8-9-10-11-12-13-14-15-16-17-18-22-25-29-30(4-2)26-27-31(29)28-23-20-19-21-24-28/h19-21,23-24,26-27,29H,3-18,22,25H2,1-2H3. The highest BCUT2D eigenvalue weighted by Crippen LogP contribution is 2.27. The number of nitrogens with zero attached hydrogens (tertiary/aromatic N) is 2. The summed E-state index contributed by atoms with van der Waals surface area (Å²) in [6.07, 6.45) is 29.3. The fraction of sp³-hybridized carbons (Fsp3) is 0.724. The summed E-state index contributed by atoms with van der Waals surface area (Å²) >= 11 is 0. The van der Waals surface area contributed by atoms with Crippen molar-refractivity contribution >= 4 is 5.69 Å². The summed E-state index contributed by atoms with van der Waals surface area (Å²) in [6, 6.07) is 10.8. The number of unbranched alkanes of at least 4 members (excludes halogenated alkanes) is 15. The van der Waals surface area contributed by atoms with Gasteiger partial charge in [-0.2, -0.15) is 0 Å². The number of hydrogen-bond donors (Lipinski definition) is 0. The number of anilines is 1. The molecule has 0 bridgehead atoms. The van der Waals surface area contributed by atoms with Gasteiger partial charge in [-0.15, -0.1) is 0 Å². The molecule has 0 aromatic heterocycles. The second-order valence-corrected chi connectivity index (χ2v) is 9.44. The van der Waals surface area contributed by atoms with E-state index in [4.69, 9.17) is 0 Å². The van der Waals surface area contributed by atoms with Crippen LogP contribution in [-0.2, 0) is 0 Å². The third-order valence-electron chi connectivity index (χ3n) is 6.86. The van der Waals surface area contributed by atoms with E-state index in [9.17, 15) is 0 Å². The Hall–Kier alpha value is -1.44. The Bertz CT molecular complexity index is 553. The van der Waals surface area contributed by atoms with Gasteiger partial charge in [0.15, 0.2) is 0 Å². The van der Waals surface area contributed by atoms with Crippen LogP contribution >= 0.6 is 0 Å². The lowest BCUT2D eigenvalue weighted by Gasteiger charge is -2.32. The summed E-state index contributed by atoms with van der Waals surface area (Å²) in [6.45, 7) is 5.65. The zero-order valence-corrected chi connectivity index (χ0v) is 20.7. The van der Waals surface area contributed by atoms with E-state index in [2.05, 4.69) is 66.4 Å². The van der Waals surface area contributed by atoms with Crippen LogP contribution in [0, 0.1) is 0 Å². The number of rotatable bonds is 19. The number of benzene rings is 1. The van der Waals surface area contributed by atoms with Gasteiger partial charge in [0.2, 0.25) is 0 Å². The molecule has 176 valence electrons. The quantitative estimate of drug-likeness (QED) is 0.203. The van der Waals surface area contributed by atoms with E-state index in [0.717, 1.165) is 6.54 Å². The first-order valence-electron chi connectivity index (χ1n) is 13.6. The zero-order chi connectivity index (χ0) is 22.0. The van der Waals surface area contributed by atoms with Crippen LogP contribution in [0.3, 0.4) is 0 Å². The Labute approximate surface area is 194 Å². The van der Waals surface area contributed by atoms with E-state index in [0.29, 0.717) is 6.17 Å². The second kappa shape index (κ2) is 17.2. The molecule has 0 N–H and O–H groups in total. The smallest absolute Gasteiger partial charge is 0.105 e. The summed E-state index contributed by atoms with van der Waals surface area (Å²) < 4.78 is 0. The molecule has 1 aromatic rings. The summed E-state index contributed by atoms with van der Waals surface area (Å²) in [4.78, 5) is 4.94. The molecule has 0 amide bonds. The molecular formula is C29H50N2. The average Bonchev–Trinajstić information content (AvgIpc) is 3.22. The van der Waals surface area contributed by atoms with Gasteiger partial charge in [-0.05, 0) is 31.9 Å². The van der Waals surface area contributed by atoms with Gasteiger partial charge in [-0.3, -0.25) is 0 Å². The molecule has 1 aliphatic rings. The van der Waals surface area contributed by atoms with E-state index in [1.165, 1.54) is 115 Å². The molecule has 1 aliphatic heterocycles. The maximum atomic E-state index is 2.48. The lowest BCUT2D eigenvalue weighted by molar-refractivity contribution is 0.291.